The molecule has 0 saturated carbocycles. The van der Waals surface area contributed by atoms with Crippen LogP contribution in [0.4, 0.5) is 0 Å². The minimum atomic E-state index is 0.271. The van der Waals surface area contributed by atoms with Crippen molar-refractivity contribution in [2.75, 3.05) is 6.54 Å². The van der Waals surface area contributed by atoms with Crippen molar-refractivity contribution < 1.29 is 9.21 Å². The zero-order chi connectivity index (χ0) is 9.52. The minimum Gasteiger partial charge on any atom is -0.454 e. The average molecular weight is 177 g/mol. The van der Waals surface area contributed by atoms with Gasteiger partial charge in [-0.1, -0.05) is 11.2 Å². The number of rotatable bonds is 4. The summed E-state index contributed by atoms with van der Waals surface area (Å²) >= 11 is 0. The third-order valence-electron chi connectivity index (χ3n) is 1.30. The van der Waals surface area contributed by atoms with Crippen LogP contribution in [0.5, 0.6) is 0 Å². The lowest BCUT2D eigenvalue weighted by Gasteiger charge is -1.82. The standard InChI is InChI=1S/C8H7N3O2/c9-11-10-5-1-2-7-3-4-8(6-12)13-7/h1-4,6H,5H2. The summed E-state index contributed by atoms with van der Waals surface area (Å²) in [7, 11) is 0. The van der Waals surface area contributed by atoms with Crippen molar-refractivity contribution >= 4 is 12.4 Å². The van der Waals surface area contributed by atoms with Gasteiger partial charge in [0.2, 0.25) is 0 Å². The number of furan rings is 1. The molecule has 0 N–H and O–H groups in total. The maximum atomic E-state index is 10.2. The Kier molecular flexibility index (Phi) is 3.35. The molecule has 0 aliphatic carbocycles. The summed E-state index contributed by atoms with van der Waals surface area (Å²) in [5.41, 5.74) is 7.96. The van der Waals surface area contributed by atoms with Crippen molar-refractivity contribution in [1.29, 1.82) is 0 Å². The zero-order valence-corrected chi connectivity index (χ0v) is 6.75. The van der Waals surface area contributed by atoms with Crippen LogP contribution in [0.25, 0.3) is 16.5 Å². The lowest BCUT2D eigenvalue weighted by molar-refractivity contribution is 0.110. The highest BCUT2D eigenvalue weighted by Crippen LogP contribution is 2.07. The van der Waals surface area contributed by atoms with E-state index in [9.17, 15) is 4.79 Å². The first-order valence-corrected chi connectivity index (χ1v) is 3.59. The van der Waals surface area contributed by atoms with Crippen molar-refractivity contribution in [3.8, 4) is 0 Å². The summed E-state index contributed by atoms with van der Waals surface area (Å²) < 4.78 is 5.02. The minimum absolute atomic E-state index is 0.271. The van der Waals surface area contributed by atoms with Gasteiger partial charge in [0.05, 0.1) is 0 Å². The largest absolute Gasteiger partial charge is 0.454 e. The molecule has 13 heavy (non-hydrogen) atoms. The fourth-order valence-corrected chi connectivity index (χ4v) is 0.774. The van der Waals surface area contributed by atoms with E-state index < -0.39 is 0 Å². The number of hydrogen-bond acceptors (Lipinski definition) is 3. The van der Waals surface area contributed by atoms with Crippen LogP contribution in [0.2, 0.25) is 0 Å². The summed E-state index contributed by atoms with van der Waals surface area (Å²) in [4.78, 5) is 12.8. The molecule has 0 aliphatic rings. The highest BCUT2D eigenvalue weighted by atomic mass is 16.3. The Morgan fingerprint density at radius 2 is 2.31 bits per heavy atom. The van der Waals surface area contributed by atoms with E-state index in [4.69, 9.17) is 9.95 Å². The van der Waals surface area contributed by atoms with Crippen molar-refractivity contribution in [1.82, 2.24) is 0 Å². The smallest absolute Gasteiger partial charge is 0.185 e. The van der Waals surface area contributed by atoms with Crippen LogP contribution in [0, 0.1) is 0 Å². The molecule has 0 aromatic carbocycles. The molecule has 0 radical (unpaired) electrons. The van der Waals surface area contributed by atoms with Crippen molar-refractivity contribution in [2.24, 2.45) is 5.11 Å². The summed E-state index contributed by atoms with van der Waals surface area (Å²) in [5, 5.41) is 3.30. The third kappa shape index (κ3) is 2.84. The highest BCUT2D eigenvalue weighted by molar-refractivity contribution is 5.71. The number of nitrogens with zero attached hydrogens (tertiary/aromatic N) is 3. The third-order valence-corrected chi connectivity index (χ3v) is 1.30. The molecule has 0 amide bonds. The second kappa shape index (κ2) is 4.79. The van der Waals surface area contributed by atoms with E-state index in [1.54, 1.807) is 24.3 Å². The average Bonchev–Trinajstić information content (AvgIpc) is 2.60. The molecule has 0 atom stereocenters. The SMILES string of the molecule is [N-]=[N+]=NCC=Cc1ccc(C=O)o1. The van der Waals surface area contributed by atoms with Gasteiger partial charge < -0.3 is 4.42 Å². The van der Waals surface area contributed by atoms with Gasteiger partial charge in [-0.15, -0.1) is 0 Å². The van der Waals surface area contributed by atoms with Crippen molar-refractivity contribution in [2.45, 2.75) is 0 Å². The van der Waals surface area contributed by atoms with Crippen LogP contribution in [0.3, 0.4) is 0 Å². The van der Waals surface area contributed by atoms with Gasteiger partial charge in [-0.25, -0.2) is 0 Å². The molecular weight excluding hydrogens is 170 g/mol. The summed E-state index contributed by atoms with van der Waals surface area (Å²) in [6.07, 6.45) is 3.92. The van der Waals surface area contributed by atoms with Crippen LogP contribution in [-0.2, 0) is 0 Å². The maximum absolute atomic E-state index is 10.2. The van der Waals surface area contributed by atoms with Crippen LogP contribution in [0.1, 0.15) is 16.3 Å². The Balaban J connectivity index is 2.57. The highest BCUT2D eigenvalue weighted by Gasteiger charge is 1.94. The molecule has 0 saturated heterocycles. The van der Waals surface area contributed by atoms with E-state index in [-0.39, 0.29) is 12.3 Å². The quantitative estimate of drug-likeness (QED) is 0.306. The maximum Gasteiger partial charge on any atom is 0.185 e. The second-order valence-corrected chi connectivity index (χ2v) is 2.17. The van der Waals surface area contributed by atoms with E-state index >= 15 is 0 Å². The van der Waals surface area contributed by atoms with Gasteiger partial charge in [-0.3, -0.25) is 4.79 Å². The molecular formula is C8H7N3O2. The normalized spacial score (nSPS) is 9.85. The number of hydrogen-bond donors (Lipinski definition) is 0. The molecule has 1 rings (SSSR count). The molecule has 5 heteroatoms. The van der Waals surface area contributed by atoms with E-state index in [0.717, 1.165) is 0 Å². The molecule has 0 fully saturated rings. The van der Waals surface area contributed by atoms with Crippen molar-refractivity contribution in [3.63, 3.8) is 0 Å². The first kappa shape index (κ1) is 9.09. The topological polar surface area (TPSA) is 79.0 Å². The van der Waals surface area contributed by atoms with Gasteiger partial charge in [0.25, 0.3) is 0 Å². The van der Waals surface area contributed by atoms with Gasteiger partial charge in [-0.05, 0) is 23.7 Å². The zero-order valence-electron chi connectivity index (χ0n) is 6.75. The first-order chi connectivity index (χ1) is 6.36. The molecule has 66 valence electrons. The lowest BCUT2D eigenvalue weighted by Crippen LogP contribution is -1.69. The number of carbonyl (C=O) groups excluding carboxylic acids is 1. The van der Waals surface area contributed by atoms with E-state index in [1.807, 2.05) is 0 Å². The van der Waals surface area contributed by atoms with Crippen molar-refractivity contribution in [3.05, 3.63) is 40.2 Å². The number of azide groups is 1. The fraction of sp³-hybridized carbons (Fsp3) is 0.125. The molecule has 0 spiro atoms. The van der Waals surface area contributed by atoms with E-state index in [0.29, 0.717) is 12.0 Å². The van der Waals surface area contributed by atoms with E-state index in [1.165, 1.54) is 0 Å². The Bertz CT molecular complexity index is 361. The summed E-state index contributed by atoms with van der Waals surface area (Å²) in [6, 6.07) is 3.23. The summed E-state index contributed by atoms with van der Waals surface area (Å²) in [6.45, 7) is 0.271. The van der Waals surface area contributed by atoms with Gasteiger partial charge in [0.15, 0.2) is 12.0 Å². The predicted octanol–water partition coefficient (Wildman–Crippen LogP) is 2.42. The summed E-state index contributed by atoms with van der Waals surface area (Å²) in [5.74, 6) is 0.846. The lowest BCUT2D eigenvalue weighted by atomic mass is 10.4. The Morgan fingerprint density at radius 1 is 1.54 bits per heavy atom. The first-order valence-electron chi connectivity index (χ1n) is 3.59. The van der Waals surface area contributed by atoms with E-state index in [2.05, 4.69) is 10.0 Å². The molecule has 0 unspecified atom stereocenters. The van der Waals surface area contributed by atoms with Crippen LogP contribution < -0.4 is 0 Å². The fourth-order valence-electron chi connectivity index (χ4n) is 0.774. The van der Waals surface area contributed by atoms with Crippen LogP contribution in [0.15, 0.2) is 27.7 Å². The monoisotopic (exact) mass is 177 g/mol. The van der Waals surface area contributed by atoms with Crippen LogP contribution in [-0.4, -0.2) is 12.8 Å². The second-order valence-electron chi connectivity index (χ2n) is 2.17. The molecule has 1 aromatic heterocycles. The molecule has 0 aliphatic heterocycles. The molecule has 5 nitrogen and oxygen atoms in total. The Labute approximate surface area is 74.3 Å². The Hall–Kier alpha value is -2.00. The van der Waals surface area contributed by atoms with Gasteiger partial charge in [-0.2, -0.15) is 0 Å². The number of carbonyl (C=O) groups is 1. The molecule has 1 heterocycles. The number of aldehydes is 1. The van der Waals surface area contributed by atoms with Gasteiger partial charge >= 0.3 is 0 Å². The Morgan fingerprint density at radius 3 is 2.92 bits per heavy atom. The predicted molar refractivity (Wildman–Crippen MR) is 47.1 cm³/mol. The molecule has 0 bridgehead atoms. The molecule has 1 aromatic rings. The van der Waals surface area contributed by atoms with Gasteiger partial charge in [0.1, 0.15) is 5.76 Å². The van der Waals surface area contributed by atoms with Crippen LogP contribution >= 0.6 is 0 Å². The van der Waals surface area contributed by atoms with Gasteiger partial charge in [0, 0.05) is 11.5 Å².